The van der Waals surface area contributed by atoms with Gasteiger partial charge in [-0.25, -0.2) is 4.39 Å². The van der Waals surface area contributed by atoms with Crippen molar-refractivity contribution in [1.29, 1.82) is 0 Å². The molecule has 1 heterocycles. The van der Waals surface area contributed by atoms with Gasteiger partial charge in [-0.15, -0.1) is 0 Å². The van der Waals surface area contributed by atoms with Crippen molar-refractivity contribution < 1.29 is 14.3 Å². The van der Waals surface area contributed by atoms with Crippen molar-refractivity contribution in [3.05, 3.63) is 68.9 Å². The van der Waals surface area contributed by atoms with E-state index in [0.717, 1.165) is 12.0 Å². The Hall–Kier alpha value is -1.72. The molecule has 2 aromatic carbocycles. The molecule has 108 valence electrons. The van der Waals surface area contributed by atoms with E-state index < -0.39 is 11.9 Å². The van der Waals surface area contributed by atoms with Crippen LogP contribution < -0.4 is 5.32 Å². The summed E-state index contributed by atoms with van der Waals surface area (Å²) in [6.45, 7) is 0.630. The van der Waals surface area contributed by atoms with Crippen molar-refractivity contribution in [2.75, 3.05) is 6.54 Å². The van der Waals surface area contributed by atoms with Crippen LogP contribution in [0, 0.1) is 5.82 Å². The average Bonchev–Trinajstić information content (AvgIpc) is 2.45. The molecule has 0 radical (unpaired) electrons. The summed E-state index contributed by atoms with van der Waals surface area (Å²) < 4.78 is 14.0. The molecule has 1 atom stereocenters. The van der Waals surface area contributed by atoms with Crippen LogP contribution in [0.3, 0.4) is 0 Å². The van der Waals surface area contributed by atoms with E-state index in [1.54, 1.807) is 18.2 Å². The van der Waals surface area contributed by atoms with Crippen LogP contribution >= 0.6 is 15.9 Å². The first-order chi connectivity index (χ1) is 10.0. The second-order valence-corrected chi connectivity index (χ2v) is 5.94. The summed E-state index contributed by atoms with van der Waals surface area (Å²) in [5.74, 6) is -0.556. The predicted molar refractivity (Wildman–Crippen MR) is 80.6 cm³/mol. The fraction of sp³-hybridized carbons (Fsp3) is 0.188. The van der Waals surface area contributed by atoms with Gasteiger partial charge in [-0.1, -0.05) is 28.1 Å². The molecule has 1 unspecified atom stereocenters. The Kier molecular flexibility index (Phi) is 3.78. The molecule has 0 bridgehead atoms. The minimum atomic E-state index is -0.975. The van der Waals surface area contributed by atoms with Gasteiger partial charge in [0, 0.05) is 16.6 Å². The molecule has 5 heteroatoms. The monoisotopic (exact) mass is 349 g/mol. The van der Waals surface area contributed by atoms with Crippen molar-refractivity contribution in [2.24, 2.45) is 0 Å². The fourth-order valence-corrected chi connectivity index (χ4v) is 3.01. The van der Waals surface area contributed by atoms with Crippen LogP contribution in [-0.4, -0.2) is 17.6 Å². The van der Waals surface area contributed by atoms with E-state index in [0.29, 0.717) is 27.7 Å². The molecular weight excluding hydrogens is 337 g/mol. The lowest BCUT2D eigenvalue weighted by atomic mass is 9.94. The SMILES string of the molecule is O=C1NCCc2ccc(C(O)c3cc(F)cc(Br)c3)cc21. The number of carbonyl (C=O) groups is 1. The molecule has 21 heavy (non-hydrogen) atoms. The number of fused-ring (bicyclic) bond motifs is 1. The Morgan fingerprint density at radius 1 is 1.19 bits per heavy atom. The molecule has 1 aliphatic rings. The van der Waals surface area contributed by atoms with Crippen molar-refractivity contribution in [3.8, 4) is 0 Å². The Labute approximate surface area is 129 Å². The number of aliphatic hydroxyl groups is 1. The smallest absolute Gasteiger partial charge is 0.251 e. The third-order valence-corrected chi connectivity index (χ3v) is 4.03. The van der Waals surface area contributed by atoms with Crippen LogP contribution in [0.2, 0.25) is 0 Å². The maximum atomic E-state index is 13.4. The van der Waals surface area contributed by atoms with Crippen LogP contribution in [0.15, 0.2) is 40.9 Å². The highest BCUT2D eigenvalue weighted by Gasteiger charge is 2.20. The van der Waals surface area contributed by atoms with Gasteiger partial charge in [0.1, 0.15) is 11.9 Å². The normalized spacial score (nSPS) is 15.3. The number of halogens is 2. The molecule has 0 aliphatic carbocycles. The summed E-state index contributed by atoms with van der Waals surface area (Å²) in [5.41, 5.74) is 2.56. The maximum absolute atomic E-state index is 13.4. The molecule has 0 saturated carbocycles. The molecule has 0 aromatic heterocycles. The second kappa shape index (κ2) is 5.58. The third kappa shape index (κ3) is 2.84. The molecule has 3 nitrogen and oxygen atoms in total. The quantitative estimate of drug-likeness (QED) is 0.875. The standard InChI is InChI=1S/C16H13BrFNO2/c17-12-5-11(6-13(18)8-12)15(20)10-2-1-9-3-4-19-16(21)14(9)7-10/h1-2,5-8,15,20H,3-4H2,(H,19,21). The summed E-state index contributed by atoms with van der Waals surface area (Å²) in [4.78, 5) is 11.8. The lowest BCUT2D eigenvalue weighted by Gasteiger charge is -2.19. The number of hydrogen-bond donors (Lipinski definition) is 2. The minimum absolute atomic E-state index is 0.134. The summed E-state index contributed by atoms with van der Waals surface area (Å²) in [5, 5.41) is 13.2. The van der Waals surface area contributed by atoms with E-state index >= 15 is 0 Å². The Morgan fingerprint density at radius 3 is 2.76 bits per heavy atom. The van der Waals surface area contributed by atoms with Gasteiger partial charge in [0.05, 0.1) is 0 Å². The van der Waals surface area contributed by atoms with Gasteiger partial charge >= 0.3 is 0 Å². The van der Waals surface area contributed by atoms with Crippen molar-refractivity contribution in [3.63, 3.8) is 0 Å². The molecule has 0 saturated heterocycles. The Bertz CT molecular complexity index is 697. The molecule has 2 N–H and O–H groups in total. The van der Waals surface area contributed by atoms with Gasteiger partial charge in [-0.2, -0.15) is 0 Å². The highest BCUT2D eigenvalue weighted by molar-refractivity contribution is 9.10. The van der Waals surface area contributed by atoms with Gasteiger partial charge in [0.2, 0.25) is 0 Å². The molecular formula is C16H13BrFNO2. The minimum Gasteiger partial charge on any atom is -0.384 e. The summed E-state index contributed by atoms with van der Waals surface area (Å²) >= 11 is 3.21. The predicted octanol–water partition coefficient (Wildman–Crippen LogP) is 2.96. The van der Waals surface area contributed by atoms with E-state index in [9.17, 15) is 14.3 Å². The first-order valence-corrected chi connectivity index (χ1v) is 7.39. The van der Waals surface area contributed by atoms with Gasteiger partial charge in [-0.05, 0) is 47.4 Å². The van der Waals surface area contributed by atoms with Gasteiger partial charge in [0.15, 0.2) is 0 Å². The molecule has 3 rings (SSSR count). The number of hydrogen-bond acceptors (Lipinski definition) is 2. The third-order valence-electron chi connectivity index (χ3n) is 3.57. The first-order valence-electron chi connectivity index (χ1n) is 6.59. The van der Waals surface area contributed by atoms with Gasteiger partial charge < -0.3 is 10.4 Å². The van der Waals surface area contributed by atoms with Gasteiger partial charge in [0.25, 0.3) is 5.91 Å². The lowest BCUT2D eigenvalue weighted by Crippen LogP contribution is -2.31. The highest BCUT2D eigenvalue weighted by atomic mass is 79.9. The van der Waals surface area contributed by atoms with Crippen LogP contribution in [0.25, 0.3) is 0 Å². The summed E-state index contributed by atoms with van der Waals surface area (Å²) in [7, 11) is 0. The van der Waals surface area contributed by atoms with Crippen molar-refractivity contribution >= 4 is 21.8 Å². The van der Waals surface area contributed by atoms with Crippen LogP contribution in [-0.2, 0) is 6.42 Å². The maximum Gasteiger partial charge on any atom is 0.251 e. The molecule has 1 amide bonds. The van der Waals surface area contributed by atoms with Gasteiger partial charge in [-0.3, -0.25) is 4.79 Å². The largest absolute Gasteiger partial charge is 0.384 e. The molecule has 0 spiro atoms. The van der Waals surface area contributed by atoms with Crippen molar-refractivity contribution in [2.45, 2.75) is 12.5 Å². The Balaban J connectivity index is 2.00. The highest BCUT2D eigenvalue weighted by Crippen LogP contribution is 2.28. The number of nitrogens with one attached hydrogen (secondary N) is 1. The van der Waals surface area contributed by atoms with Crippen LogP contribution in [0.4, 0.5) is 4.39 Å². The molecule has 1 aliphatic heterocycles. The van der Waals surface area contributed by atoms with E-state index in [1.807, 2.05) is 6.07 Å². The van der Waals surface area contributed by atoms with E-state index in [2.05, 4.69) is 21.2 Å². The zero-order valence-corrected chi connectivity index (χ0v) is 12.7. The number of amides is 1. The summed E-state index contributed by atoms with van der Waals surface area (Å²) in [6, 6.07) is 9.58. The van der Waals surface area contributed by atoms with E-state index in [1.165, 1.54) is 12.1 Å². The number of carbonyl (C=O) groups excluding carboxylic acids is 1. The number of rotatable bonds is 2. The molecule has 2 aromatic rings. The zero-order chi connectivity index (χ0) is 15.0. The average molecular weight is 350 g/mol. The van der Waals surface area contributed by atoms with Crippen LogP contribution in [0.1, 0.15) is 33.2 Å². The topological polar surface area (TPSA) is 49.3 Å². The Morgan fingerprint density at radius 2 is 2.00 bits per heavy atom. The van der Waals surface area contributed by atoms with Crippen molar-refractivity contribution in [1.82, 2.24) is 5.32 Å². The van der Waals surface area contributed by atoms with E-state index in [-0.39, 0.29) is 5.91 Å². The molecule has 0 fully saturated rings. The summed E-state index contributed by atoms with van der Waals surface area (Å²) in [6.07, 6.45) is -0.194. The van der Waals surface area contributed by atoms with E-state index in [4.69, 9.17) is 0 Å². The zero-order valence-electron chi connectivity index (χ0n) is 11.1. The lowest BCUT2D eigenvalue weighted by molar-refractivity contribution is 0.0945. The second-order valence-electron chi connectivity index (χ2n) is 5.03. The van der Waals surface area contributed by atoms with Crippen LogP contribution in [0.5, 0.6) is 0 Å². The fourth-order valence-electron chi connectivity index (χ4n) is 2.52. The first kappa shape index (κ1) is 14.2. The number of benzene rings is 2. The number of aliphatic hydroxyl groups excluding tert-OH is 1.